The van der Waals surface area contributed by atoms with E-state index in [0.29, 0.717) is 12.8 Å². The predicted molar refractivity (Wildman–Crippen MR) is 59.1 cm³/mol. The van der Waals surface area contributed by atoms with E-state index in [1.807, 2.05) is 0 Å². The van der Waals surface area contributed by atoms with Crippen LogP contribution in [0.15, 0.2) is 0 Å². The molecular formula is C8H17NO4S2. The number of rotatable bonds is 4. The van der Waals surface area contributed by atoms with Crippen molar-refractivity contribution >= 4 is 19.7 Å². The maximum atomic E-state index is 11.7. The molecule has 0 radical (unpaired) electrons. The fraction of sp³-hybridized carbons (Fsp3) is 1.00. The van der Waals surface area contributed by atoms with Crippen molar-refractivity contribution in [2.75, 3.05) is 17.8 Å². The Morgan fingerprint density at radius 2 is 1.73 bits per heavy atom. The van der Waals surface area contributed by atoms with Gasteiger partial charge in [-0.1, -0.05) is 6.42 Å². The molecular weight excluding hydrogens is 238 g/mol. The Balaban J connectivity index is 2.67. The molecule has 1 aliphatic carbocycles. The molecule has 5 nitrogen and oxygen atoms in total. The van der Waals surface area contributed by atoms with E-state index in [2.05, 4.69) is 0 Å². The van der Waals surface area contributed by atoms with Crippen molar-refractivity contribution in [3.63, 3.8) is 0 Å². The summed E-state index contributed by atoms with van der Waals surface area (Å²) in [7, 11) is -6.57. The van der Waals surface area contributed by atoms with Crippen LogP contribution in [-0.4, -0.2) is 45.9 Å². The first kappa shape index (κ1) is 12.9. The van der Waals surface area contributed by atoms with Gasteiger partial charge in [0.15, 0.2) is 9.84 Å². The molecule has 1 aliphatic rings. The molecule has 7 heteroatoms. The minimum atomic E-state index is -3.35. The first-order valence-corrected chi connectivity index (χ1v) is 8.65. The summed E-state index contributed by atoms with van der Waals surface area (Å²) in [6, 6.07) is -0.324. The summed E-state index contributed by atoms with van der Waals surface area (Å²) >= 11 is 0. The van der Waals surface area contributed by atoms with Gasteiger partial charge in [0.2, 0.25) is 0 Å². The van der Waals surface area contributed by atoms with Crippen molar-refractivity contribution in [3.8, 4) is 0 Å². The summed E-state index contributed by atoms with van der Waals surface area (Å²) < 4.78 is 45.2. The lowest BCUT2D eigenvalue weighted by molar-refractivity contribution is 0.567. The van der Waals surface area contributed by atoms with Crippen molar-refractivity contribution in [2.45, 2.75) is 30.6 Å². The molecule has 0 aromatic heterocycles. The maximum absolute atomic E-state index is 11.7. The Kier molecular flexibility index (Phi) is 3.78. The maximum Gasteiger partial charge on any atom is 0.155 e. The SMILES string of the molecule is CS(=O)(=O)CCS(=O)(=O)C1CCCC1N. The highest BCUT2D eigenvalue weighted by Gasteiger charge is 2.35. The van der Waals surface area contributed by atoms with E-state index in [0.717, 1.165) is 12.7 Å². The van der Waals surface area contributed by atoms with Crippen molar-refractivity contribution in [3.05, 3.63) is 0 Å². The average molecular weight is 255 g/mol. The second-order valence-electron chi connectivity index (χ2n) is 4.13. The van der Waals surface area contributed by atoms with Crippen molar-refractivity contribution in [2.24, 2.45) is 5.73 Å². The van der Waals surface area contributed by atoms with E-state index in [1.54, 1.807) is 0 Å². The van der Waals surface area contributed by atoms with Crippen LogP contribution < -0.4 is 5.73 Å². The lowest BCUT2D eigenvalue weighted by atomic mass is 10.3. The lowest BCUT2D eigenvalue weighted by Gasteiger charge is -2.15. The van der Waals surface area contributed by atoms with Crippen LogP contribution in [0.4, 0.5) is 0 Å². The van der Waals surface area contributed by atoms with Gasteiger partial charge < -0.3 is 5.73 Å². The minimum absolute atomic E-state index is 0.301. The van der Waals surface area contributed by atoms with Crippen LogP contribution in [-0.2, 0) is 19.7 Å². The second-order valence-corrected chi connectivity index (χ2v) is 8.73. The Morgan fingerprint density at radius 1 is 1.13 bits per heavy atom. The summed E-state index contributed by atoms with van der Waals surface area (Å²) in [6.07, 6.45) is 3.12. The van der Waals surface area contributed by atoms with Gasteiger partial charge in [-0.15, -0.1) is 0 Å². The molecule has 0 aliphatic heterocycles. The zero-order valence-corrected chi connectivity index (χ0v) is 10.4. The molecule has 0 saturated heterocycles. The van der Waals surface area contributed by atoms with Crippen LogP contribution >= 0.6 is 0 Å². The molecule has 0 spiro atoms. The number of hydrogen-bond acceptors (Lipinski definition) is 5. The molecule has 90 valence electrons. The number of hydrogen-bond donors (Lipinski definition) is 1. The Labute approximate surface area is 90.9 Å². The van der Waals surface area contributed by atoms with E-state index in [1.165, 1.54) is 0 Å². The van der Waals surface area contributed by atoms with Gasteiger partial charge in [0.25, 0.3) is 0 Å². The Morgan fingerprint density at radius 3 is 2.13 bits per heavy atom. The van der Waals surface area contributed by atoms with E-state index >= 15 is 0 Å². The molecule has 0 bridgehead atoms. The second kappa shape index (κ2) is 4.39. The van der Waals surface area contributed by atoms with Gasteiger partial charge in [0, 0.05) is 12.3 Å². The Hall–Kier alpha value is -0.140. The van der Waals surface area contributed by atoms with Gasteiger partial charge in [-0.05, 0) is 12.8 Å². The summed E-state index contributed by atoms with van der Waals surface area (Å²) in [4.78, 5) is 0. The van der Waals surface area contributed by atoms with E-state index in [9.17, 15) is 16.8 Å². The quantitative estimate of drug-likeness (QED) is 0.718. The smallest absolute Gasteiger partial charge is 0.155 e. The average Bonchev–Trinajstić information content (AvgIpc) is 2.47. The summed E-state index contributed by atoms with van der Waals surface area (Å²) in [5.41, 5.74) is 5.68. The molecule has 0 aromatic rings. The van der Waals surface area contributed by atoms with Crippen LogP contribution in [0.25, 0.3) is 0 Å². The van der Waals surface area contributed by atoms with E-state index < -0.39 is 24.9 Å². The zero-order valence-electron chi connectivity index (χ0n) is 8.72. The fourth-order valence-corrected chi connectivity index (χ4v) is 5.46. The lowest BCUT2D eigenvalue weighted by Crippen LogP contribution is -2.38. The first-order valence-electron chi connectivity index (χ1n) is 4.87. The number of sulfone groups is 2. The van der Waals surface area contributed by atoms with Crippen LogP contribution in [0, 0.1) is 0 Å². The molecule has 15 heavy (non-hydrogen) atoms. The highest BCUT2D eigenvalue weighted by atomic mass is 32.2. The normalized spacial score (nSPS) is 28.1. The molecule has 0 heterocycles. The highest BCUT2D eigenvalue weighted by Crippen LogP contribution is 2.24. The predicted octanol–water partition coefficient (Wildman–Crippen LogP) is -0.674. The van der Waals surface area contributed by atoms with Gasteiger partial charge in [-0.25, -0.2) is 16.8 Å². The van der Waals surface area contributed by atoms with E-state index in [-0.39, 0.29) is 17.5 Å². The molecule has 0 aromatic carbocycles. The first-order chi connectivity index (χ1) is 6.72. The van der Waals surface area contributed by atoms with Crippen LogP contribution in [0.3, 0.4) is 0 Å². The van der Waals surface area contributed by atoms with Crippen molar-refractivity contribution in [1.29, 1.82) is 0 Å². The van der Waals surface area contributed by atoms with Crippen molar-refractivity contribution < 1.29 is 16.8 Å². The molecule has 1 saturated carbocycles. The van der Waals surface area contributed by atoms with Crippen LogP contribution in [0.1, 0.15) is 19.3 Å². The fourth-order valence-electron chi connectivity index (χ4n) is 1.82. The third kappa shape index (κ3) is 3.73. The third-order valence-electron chi connectivity index (χ3n) is 2.70. The summed E-state index contributed by atoms with van der Waals surface area (Å²) in [5, 5.41) is -0.542. The third-order valence-corrected chi connectivity index (χ3v) is 6.19. The minimum Gasteiger partial charge on any atom is -0.327 e. The molecule has 2 unspecified atom stereocenters. The van der Waals surface area contributed by atoms with E-state index in [4.69, 9.17) is 5.73 Å². The van der Waals surface area contributed by atoms with Gasteiger partial charge in [-0.3, -0.25) is 0 Å². The molecule has 0 amide bonds. The van der Waals surface area contributed by atoms with Crippen molar-refractivity contribution in [1.82, 2.24) is 0 Å². The van der Waals surface area contributed by atoms with Gasteiger partial charge in [0.1, 0.15) is 9.84 Å². The van der Waals surface area contributed by atoms with Gasteiger partial charge in [-0.2, -0.15) is 0 Å². The zero-order chi connectivity index (χ0) is 11.7. The molecule has 2 atom stereocenters. The van der Waals surface area contributed by atoms with Gasteiger partial charge in [0.05, 0.1) is 16.8 Å². The van der Waals surface area contributed by atoms with Crippen LogP contribution in [0.2, 0.25) is 0 Å². The molecule has 1 rings (SSSR count). The summed E-state index contributed by atoms with van der Waals surface area (Å²) in [6.45, 7) is 0. The summed E-state index contributed by atoms with van der Waals surface area (Å²) in [5.74, 6) is -0.608. The standard InChI is InChI=1S/C8H17NO4S2/c1-14(10,11)5-6-15(12,13)8-4-2-3-7(8)9/h7-8H,2-6,9H2,1H3. The van der Waals surface area contributed by atoms with Gasteiger partial charge >= 0.3 is 0 Å². The monoisotopic (exact) mass is 255 g/mol. The largest absolute Gasteiger partial charge is 0.327 e. The molecule has 1 fully saturated rings. The molecule has 2 N–H and O–H groups in total. The van der Waals surface area contributed by atoms with Crippen LogP contribution in [0.5, 0.6) is 0 Å². The highest BCUT2D eigenvalue weighted by molar-refractivity contribution is 7.95. The topological polar surface area (TPSA) is 94.3 Å². The Bertz CT molecular complexity index is 412. The number of nitrogens with two attached hydrogens (primary N) is 1.